The first kappa shape index (κ1) is 13.7. The second-order valence-electron chi connectivity index (χ2n) is 4.19. The second-order valence-corrected chi connectivity index (χ2v) is 4.63. The molecule has 4 heteroatoms. The highest BCUT2D eigenvalue weighted by atomic mass is 35.5. The maximum absolute atomic E-state index is 5.99. The SMILES string of the molecule is COc1ccc(CN)c(Oc2cc(Cl)ccc2C)c1. The van der Waals surface area contributed by atoms with E-state index in [1.54, 1.807) is 13.2 Å². The first-order chi connectivity index (χ1) is 9.13. The maximum Gasteiger partial charge on any atom is 0.135 e. The van der Waals surface area contributed by atoms with E-state index in [1.807, 2.05) is 37.3 Å². The average Bonchev–Trinajstić information content (AvgIpc) is 2.42. The lowest BCUT2D eigenvalue weighted by atomic mass is 10.2. The lowest BCUT2D eigenvalue weighted by Gasteiger charge is -2.13. The third-order valence-electron chi connectivity index (χ3n) is 2.86. The van der Waals surface area contributed by atoms with Gasteiger partial charge in [-0.05, 0) is 30.7 Å². The lowest BCUT2D eigenvalue weighted by Crippen LogP contribution is -2.00. The second kappa shape index (κ2) is 5.95. The molecule has 0 aliphatic heterocycles. The van der Waals surface area contributed by atoms with Crippen molar-refractivity contribution < 1.29 is 9.47 Å². The van der Waals surface area contributed by atoms with E-state index in [2.05, 4.69) is 0 Å². The first-order valence-electron chi connectivity index (χ1n) is 5.95. The Kier molecular flexibility index (Phi) is 4.30. The molecular weight excluding hydrogens is 262 g/mol. The van der Waals surface area contributed by atoms with Crippen LogP contribution in [0, 0.1) is 6.92 Å². The molecule has 0 aliphatic carbocycles. The topological polar surface area (TPSA) is 44.5 Å². The molecule has 0 heterocycles. The van der Waals surface area contributed by atoms with Crippen LogP contribution >= 0.6 is 11.6 Å². The lowest BCUT2D eigenvalue weighted by molar-refractivity contribution is 0.407. The molecule has 2 N–H and O–H groups in total. The molecule has 2 rings (SSSR count). The quantitative estimate of drug-likeness (QED) is 0.921. The molecule has 0 saturated heterocycles. The number of aryl methyl sites for hydroxylation is 1. The number of benzene rings is 2. The zero-order valence-electron chi connectivity index (χ0n) is 10.9. The number of hydrogen-bond donors (Lipinski definition) is 1. The molecule has 0 bridgehead atoms. The summed E-state index contributed by atoms with van der Waals surface area (Å²) in [5.74, 6) is 2.13. The Balaban J connectivity index is 2.38. The van der Waals surface area contributed by atoms with E-state index >= 15 is 0 Å². The van der Waals surface area contributed by atoms with Crippen molar-refractivity contribution >= 4 is 11.6 Å². The highest BCUT2D eigenvalue weighted by Crippen LogP contribution is 2.32. The van der Waals surface area contributed by atoms with Gasteiger partial charge < -0.3 is 15.2 Å². The number of ether oxygens (including phenoxy) is 2. The van der Waals surface area contributed by atoms with Gasteiger partial charge >= 0.3 is 0 Å². The van der Waals surface area contributed by atoms with E-state index in [1.165, 1.54) is 0 Å². The van der Waals surface area contributed by atoms with Crippen molar-refractivity contribution in [2.45, 2.75) is 13.5 Å². The van der Waals surface area contributed by atoms with Gasteiger partial charge in [-0.15, -0.1) is 0 Å². The van der Waals surface area contributed by atoms with Gasteiger partial charge in [-0.1, -0.05) is 23.7 Å². The highest BCUT2D eigenvalue weighted by Gasteiger charge is 2.08. The summed E-state index contributed by atoms with van der Waals surface area (Å²) in [5.41, 5.74) is 7.64. The predicted octanol–water partition coefficient (Wildman–Crippen LogP) is 3.91. The van der Waals surface area contributed by atoms with Crippen LogP contribution in [0.25, 0.3) is 0 Å². The van der Waals surface area contributed by atoms with Crippen LogP contribution in [0.3, 0.4) is 0 Å². The molecule has 3 nitrogen and oxygen atoms in total. The summed E-state index contributed by atoms with van der Waals surface area (Å²) >= 11 is 5.99. The van der Waals surface area contributed by atoms with Crippen molar-refractivity contribution in [1.82, 2.24) is 0 Å². The van der Waals surface area contributed by atoms with Crippen LogP contribution in [0.15, 0.2) is 36.4 Å². The van der Waals surface area contributed by atoms with Gasteiger partial charge in [0.2, 0.25) is 0 Å². The van der Waals surface area contributed by atoms with Crippen LogP contribution in [0.5, 0.6) is 17.2 Å². The molecule has 0 unspecified atom stereocenters. The van der Waals surface area contributed by atoms with Gasteiger partial charge in [0.25, 0.3) is 0 Å². The van der Waals surface area contributed by atoms with E-state index in [0.29, 0.717) is 17.3 Å². The van der Waals surface area contributed by atoms with Gasteiger partial charge in [-0.25, -0.2) is 0 Å². The molecule has 0 aromatic heterocycles. The monoisotopic (exact) mass is 277 g/mol. The van der Waals surface area contributed by atoms with Crippen molar-refractivity contribution in [3.8, 4) is 17.2 Å². The van der Waals surface area contributed by atoms with Crippen molar-refractivity contribution in [3.05, 3.63) is 52.5 Å². The maximum atomic E-state index is 5.99. The molecule has 0 aliphatic rings. The van der Waals surface area contributed by atoms with Crippen LogP contribution < -0.4 is 15.2 Å². The minimum atomic E-state index is 0.402. The minimum Gasteiger partial charge on any atom is -0.497 e. The van der Waals surface area contributed by atoms with Crippen LogP contribution in [0.2, 0.25) is 5.02 Å². The van der Waals surface area contributed by atoms with Crippen LogP contribution in [0.4, 0.5) is 0 Å². The number of rotatable bonds is 4. The molecule has 19 heavy (non-hydrogen) atoms. The fraction of sp³-hybridized carbons (Fsp3) is 0.200. The Morgan fingerprint density at radius 1 is 1.11 bits per heavy atom. The van der Waals surface area contributed by atoms with E-state index in [-0.39, 0.29) is 0 Å². The molecule has 0 fully saturated rings. The standard InChI is InChI=1S/C15H16ClNO2/c1-10-3-5-12(16)7-14(10)19-15-8-13(18-2)6-4-11(15)9-17/h3-8H,9,17H2,1-2H3. The molecular formula is C15H16ClNO2. The van der Waals surface area contributed by atoms with Crippen LogP contribution in [-0.2, 0) is 6.54 Å². The van der Waals surface area contributed by atoms with E-state index < -0.39 is 0 Å². The summed E-state index contributed by atoms with van der Waals surface area (Å²) in [4.78, 5) is 0. The summed E-state index contributed by atoms with van der Waals surface area (Å²) in [6.07, 6.45) is 0. The summed E-state index contributed by atoms with van der Waals surface area (Å²) in [5, 5.41) is 0.637. The number of hydrogen-bond acceptors (Lipinski definition) is 3. The Morgan fingerprint density at radius 2 is 1.89 bits per heavy atom. The Morgan fingerprint density at radius 3 is 2.58 bits per heavy atom. The van der Waals surface area contributed by atoms with Crippen LogP contribution in [0.1, 0.15) is 11.1 Å². The largest absolute Gasteiger partial charge is 0.497 e. The van der Waals surface area contributed by atoms with Gasteiger partial charge in [0.1, 0.15) is 17.2 Å². The first-order valence-corrected chi connectivity index (χ1v) is 6.33. The van der Waals surface area contributed by atoms with Crippen molar-refractivity contribution in [1.29, 1.82) is 0 Å². The molecule has 0 radical (unpaired) electrons. The van der Waals surface area contributed by atoms with Gasteiger partial charge in [0.15, 0.2) is 0 Å². The molecule has 0 spiro atoms. The summed E-state index contributed by atoms with van der Waals surface area (Å²) in [6, 6.07) is 11.1. The molecule has 2 aromatic carbocycles. The van der Waals surface area contributed by atoms with Gasteiger partial charge in [0.05, 0.1) is 7.11 Å². The van der Waals surface area contributed by atoms with Gasteiger partial charge in [-0.3, -0.25) is 0 Å². The normalized spacial score (nSPS) is 10.3. The number of halogens is 1. The third kappa shape index (κ3) is 3.19. The number of methoxy groups -OCH3 is 1. The zero-order chi connectivity index (χ0) is 13.8. The van der Waals surface area contributed by atoms with Gasteiger partial charge in [0, 0.05) is 23.2 Å². The summed E-state index contributed by atoms with van der Waals surface area (Å²) in [7, 11) is 1.62. The number of nitrogens with two attached hydrogens (primary N) is 1. The van der Waals surface area contributed by atoms with Gasteiger partial charge in [-0.2, -0.15) is 0 Å². The summed E-state index contributed by atoms with van der Waals surface area (Å²) < 4.78 is 11.1. The van der Waals surface area contributed by atoms with Crippen molar-refractivity contribution in [2.75, 3.05) is 7.11 Å². The molecule has 2 aromatic rings. The van der Waals surface area contributed by atoms with Crippen LogP contribution in [-0.4, -0.2) is 7.11 Å². The van der Waals surface area contributed by atoms with E-state index in [9.17, 15) is 0 Å². The Labute approximate surface area is 117 Å². The molecule has 0 atom stereocenters. The van der Waals surface area contributed by atoms with E-state index in [0.717, 1.165) is 22.6 Å². The summed E-state index contributed by atoms with van der Waals surface area (Å²) in [6.45, 7) is 2.37. The fourth-order valence-electron chi connectivity index (χ4n) is 1.73. The van der Waals surface area contributed by atoms with Crippen molar-refractivity contribution in [3.63, 3.8) is 0 Å². The Hall–Kier alpha value is -1.71. The fourth-order valence-corrected chi connectivity index (χ4v) is 1.89. The smallest absolute Gasteiger partial charge is 0.135 e. The average molecular weight is 278 g/mol. The third-order valence-corrected chi connectivity index (χ3v) is 3.10. The highest BCUT2D eigenvalue weighted by molar-refractivity contribution is 6.30. The molecule has 100 valence electrons. The minimum absolute atomic E-state index is 0.402. The van der Waals surface area contributed by atoms with Crippen molar-refractivity contribution in [2.24, 2.45) is 5.73 Å². The Bertz CT molecular complexity index is 584. The zero-order valence-corrected chi connectivity index (χ0v) is 11.7. The molecule has 0 amide bonds. The molecule has 0 saturated carbocycles. The predicted molar refractivity (Wildman–Crippen MR) is 77.1 cm³/mol. The van der Waals surface area contributed by atoms with E-state index in [4.69, 9.17) is 26.8 Å².